The summed E-state index contributed by atoms with van der Waals surface area (Å²) in [7, 11) is 0. The van der Waals surface area contributed by atoms with E-state index >= 15 is 0 Å². The molecular formula is C14H16FNO. The number of nitrogens with one attached hydrogen (secondary N) is 1. The SMILES string of the molecule is CC(NC(C)c1ccco1)c1cccc(F)c1. The van der Waals surface area contributed by atoms with Crippen LogP contribution in [-0.4, -0.2) is 0 Å². The Kier molecular flexibility index (Phi) is 3.59. The number of rotatable bonds is 4. The highest BCUT2D eigenvalue weighted by atomic mass is 19.1. The van der Waals surface area contributed by atoms with Crippen molar-refractivity contribution in [1.82, 2.24) is 5.32 Å². The van der Waals surface area contributed by atoms with Gasteiger partial charge in [0, 0.05) is 6.04 Å². The molecule has 0 aliphatic rings. The predicted octanol–water partition coefficient (Wildman–Crippen LogP) is 3.83. The summed E-state index contributed by atoms with van der Waals surface area (Å²) in [5.74, 6) is 0.676. The maximum Gasteiger partial charge on any atom is 0.123 e. The van der Waals surface area contributed by atoms with Gasteiger partial charge in [-0.25, -0.2) is 4.39 Å². The summed E-state index contributed by atoms with van der Waals surface area (Å²) in [5.41, 5.74) is 0.934. The predicted molar refractivity (Wildman–Crippen MR) is 65.1 cm³/mol. The molecule has 17 heavy (non-hydrogen) atoms. The average molecular weight is 233 g/mol. The maximum atomic E-state index is 13.1. The third-order valence-corrected chi connectivity index (χ3v) is 2.82. The molecule has 0 spiro atoms. The fraction of sp³-hybridized carbons (Fsp3) is 0.286. The van der Waals surface area contributed by atoms with Crippen molar-refractivity contribution >= 4 is 0 Å². The third kappa shape index (κ3) is 2.94. The van der Waals surface area contributed by atoms with Crippen LogP contribution in [0.25, 0.3) is 0 Å². The van der Waals surface area contributed by atoms with Crippen LogP contribution >= 0.6 is 0 Å². The Morgan fingerprint density at radius 3 is 2.59 bits per heavy atom. The van der Waals surface area contributed by atoms with Gasteiger partial charge in [0.1, 0.15) is 11.6 Å². The standard InChI is InChI=1S/C14H16FNO/c1-10(12-5-3-6-13(15)9-12)16-11(2)14-7-4-8-17-14/h3-11,16H,1-2H3. The second kappa shape index (κ2) is 5.15. The van der Waals surface area contributed by atoms with Crippen LogP contribution in [0.1, 0.15) is 37.3 Å². The summed E-state index contributed by atoms with van der Waals surface area (Å²) >= 11 is 0. The van der Waals surface area contributed by atoms with Crippen molar-refractivity contribution in [2.75, 3.05) is 0 Å². The van der Waals surface area contributed by atoms with Crippen molar-refractivity contribution in [3.8, 4) is 0 Å². The quantitative estimate of drug-likeness (QED) is 0.868. The van der Waals surface area contributed by atoms with Crippen molar-refractivity contribution in [3.05, 3.63) is 59.8 Å². The van der Waals surface area contributed by atoms with Crippen molar-refractivity contribution in [2.24, 2.45) is 0 Å². The molecule has 0 bridgehead atoms. The van der Waals surface area contributed by atoms with Gasteiger partial charge in [-0.05, 0) is 43.7 Å². The molecule has 90 valence electrons. The lowest BCUT2D eigenvalue weighted by molar-refractivity contribution is 0.402. The van der Waals surface area contributed by atoms with Gasteiger partial charge in [0.25, 0.3) is 0 Å². The molecule has 0 amide bonds. The van der Waals surface area contributed by atoms with Crippen LogP contribution in [0.3, 0.4) is 0 Å². The van der Waals surface area contributed by atoms with Gasteiger partial charge in [-0.3, -0.25) is 0 Å². The van der Waals surface area contributed by atoms with E-state index in [0.29, 0.717) is 0 Å². The molecule has 0 aliphatic carbocycles. The lowest BCUT2D eigenvalue weighted by Crippen LogP contribution is -2.22. The Morgan fingerprint density at radius 1 is 1.12 bits per heavy atom. The Balaban J connectivity index is 2.04. The van der Waals surface area contributed by atoms with Crippen LogP contribution in [0.2, 0.25) is 0 Å². The van der Waals surface area contributed by atoms with Gasteiger partial charge in [-0.2, -0.15) is 0 Å². The minimum absolute atomic E-state index is 0.0748. The zero-order chi connectivity index (χ0) is 12.3. The topological polar surface area (TPSA) is 25.2 Å². The highest BCUT2D eigenvalue weighted by Crippen LogP contribution is 2.19. The number of benzene rings is 1. The fourth-order valence-electron chi connectivity index (χ4n) is 1.87. The molecule has 3 heteroatoms. The van der Waals surface area contributed by atoms with Crippen molar-refractivity contribution < 1.29 is 8.81 Å². The molecule has 0 saturated heterocycles. The maximum absolute atomic E-state index is 13.1. The zero-order valence-corrected chi connectivity index (χ0v) is 9.98. The average Bonchev–Trinajstić information content (AvgIpc) is 2.82. The van der Waals surface area contributed by atoms with Gasteiger partial charge >= 0.3 is 0 Å². The smallest absolute Gasteiger partial charge is 0.123 e. The van der Waals surface area contributed by atoms with Gasteiger partial charge in [0.15, 0.2) is 0 Å². The molecule has 0 aliphatic heterocycles. The van der Waals surface area contributed by atoms with Crippen molar-refractivity contribution in [1.29, 1.82) is 0 Å². The van der Waals surface area contributed by atoms with E-state index in [1.807, 2.05) is 32.0 Å². The molecule has 1 aromatic carbocycles. The molecule has 1 heterocycles. The summed E-state index contributed by atoms with van der Waals surface area (Å²) < 4.78 is 18.4. The van der Waals surface area contributed by atoms with Gasteiger partial charge < -0.3 is 9.73 Å². The van der Waals surface area contributed by atoms with E-state index in [0.717, 1.165) is 11.3 Å². The molecule has 2 rings (SSSR count). The zero-order valence-electron chi connectivity index (χ0n) is 9.98. The fourth-order valence-corrected chi connectivity index (χ4v) is 1.87. The molecule has 2 unspecified atom stereocenters. The molecule has 1 N–H and O–H groups in total. The molecule has 0 radical (unpaired) electrons. The van der Waals surface area contributed by atoms with Crippen LogP contribution in [-0.2, 0) is 0 Å². The van der Waals surface area contributed by atoms with E-state index in [4.69, 9.17) is 4.42 Å². The summed E-state index contributed by atoms with van der Waals surface area (Å²) in [4.78, 5) is 0. The van der Waals surface area contributed by atoms with Gasteiger partial charge in [0.2, 0.25) is 0 Å². The number of halogens is 1. The largest absolute Gasteiger partial charge is 0.468 e. The van der Waals surface area contributed by atoms with Crippen LogP contribution in [0.5, 0.6) is 0 Å². The summed E-state index contributed by atoms with van der Waals surface area (Å²) in [6, 6.07) is 10.6. The van der Waals surface area contributed by atoms with Crippen LogP contribution < -0.4 is 5.32 Å². The van der Waals surface area contributed by atoms with Crippen LogP contribution in [0.15, 0.2) is 47.1 Å². The normalized spacial score (nSPS) is 14.5. The Bertz CT molecular complexity index is 467. The van der Waals surface area contributed by atoms with E-state index in [9.17, 15) is 4.39 Å². The Morgan fingerprint density at radius 2 is 1.94 bits per heavy atom. The van der Waals surface area contributed by atoms with E-state index in [-0.39, 0.29) is 17.9 Å². The van der Waals surface area contributed by atoms with E-state index < -0.39 is 0 Å². The molecule has 1 aromatic heterocycles. The molecule has 0 fully saturated rings. The van der Waals surface area contributed by atoms with E-state index in [2.05, 4.69) is 5.32 Å². The number of hydrogen-bond donors (Lipinski definition) is 1. The molecule has 2 nitrogen and oxygen atoms in total. The molecule has 2 atom stereocenters. The lowest BCUT2D eigenvalue weighted by atomic mass is 10.1. The summed E-state index contributed by atoms with van der Waals surface area (Å²) in [6.07, 6.45) is 1.65. The van der Waals surface area contributed by atoms with Crippen LogP contribution in [0.4, 0.5) is 4.39 Å². The number of furan rings is 1. The summed E-state index contributed by atoms with van der Waals surface area (Å²) in [5, 5.41) is 3.37. The van der Waals surface area contributed by atoms with Crippen LogP contribution in [0, 0.1) is 5.82 Å². The minimum atomic E-state index is -0.207. The second-order valence-corrected chi connectivity index (χ2v) is 4.18. The second-order valence-electron chi connectivity index (χ2n) is 4.18. The minimum Gasteiger partial charge on any atom is -0.468 e. The van der Waals surface area contributed by atoms with Gasteiger partial charge in [-0.1, -0.05) is 12.1 Å². The molecule has 0 saturated carbocycles. The Labute approximate surface area is 100 Å². The van der Waals surface area contributed by atoms with E-state index in [1.54, 1.807) is 18.4 Å². The lowest BCUT2D eigenvalue weighted by Gasteiger charge is -2.18. The molecular weight excluding hydrogens is 217 g/mol. The van der Waals surface area contributed by atoms with Crippen molar-refractivity contribution in [3.63, 3.8) is 0 Å². The Hall–Kier alpha value is -1.61. The highest BCUT2D eigenvalue weighted by molar-refractivity contribution is 5.20. The third-order valence-electron chi connectivity index (χ3n) is 2.82. The van der Waals surface area contributed by atoms with Crippen molar-refractivity contribution in [2.45, 2.75) is 25.9 Å². The first kappa shape index (κ1) is 11.9. The first-order chi connectivity index (χ1) is 8.16. The highest BCUT2D eigenvalue weighted by Gasteiger charge is 2.13. The molecule has 2 aromatic rings. The monoisotopic (exact) mass is 233 g/mol. The van der Waals surface area contributed by atoms with Gasteiger partial charge in [-0.15, -0.1) is 0 Å². The first-order valence-corrected chi connectivity index (χ1v) is 5.71. The number of hydrogen-bond acceptors (Lipinski definition) is 2. The van der Waals surface area contributed by atoms with Gasteiger partial charge in [0.05, 0.1) is 12.3 Å². The van der Waals surface area contributed by atoms with E-state index in [1.165, 1.54) is 6.07 Å². The summed E-state index contributed by atoms with van der Waals surface area (Å²) in [6.45, 7) is 4.03. The first-order valence-electron chi connectivity index (χ1n) is 5.71.